The van der Waals surface area contributed by atoms with E-state index in [9.17, 15) is 9.59 Å². The third-order valence-electron chi connectivity index (χ3n) is 3.30. The SMILES string of the molecule is CCNC(=O)CSc1nc(-c2ccccc2)c(NC(=O)CC(C)(C)C)s1. The Morgan fingerprint density at radius 2 is 1.85 bits per heavy atom. The number of nitrogens with zero attached hydrogens (tertiary/aromatic N) is 1. The molecule has 0 radical (unpaired) electrons. The normalized spacial score (nSPS) is 11.2. The zero-order valence-electron chi connectivity index (χ0n) is 15.6. The summed E-state index contributed by atoms with van der Waals surface area (Å²) in [5.74, 6) is 0.260. The maximum atomic E-state index is 12.4. The third-order valence-corrected chi connectivity index (χ3v) is 5.41. The van der Waals surface area contributed by atoms with Crippen LogP contribution in [0, 0.1) is 5.41 Å². The van der Waals surface area contributed by atoms with Crippen molar-refractivity contribution >= 4 is 39.9 Å². The first-order valence-corrected chi connectivity index (χ1v) is 10.3. The highest BCUT2D eigenvalue weighted by atomic mass is 32.2. The summed E-state index contributed by atoms with van der Waals surface area (Å²) in [7, 11) is 0. The molecule has 5 nitrogen and oxygen atoms in total. The summed E-state index contributed by atoms with van der Waals surface area (Å²) in [6, 6.07) is 9.76. The standard InChI is InChI=1S/C19H25N3O2S2/c1-5-20-15(24)12-25-18-22-16(13-9-7-6-8-10-13)17(26-18)21-14(23)11-19(2,3)4/h6-10H,5,11-12H2,1-4H3,(H,20,24)(H,21,23). The second-order valence-corrected chi connectivity index (χ2v) is 9.27. The lowest BCUT2D eigenvalue weighted by Gasteiger charge is -2.17. The van der Waals surface area contributed by atoms with Crippen LogP contribution < -0.4 is 10.6 Å². The number of amides is 2. The van der Waals surface area contributed by atoms with E-state index in [0.29, 0.717) is 18.7 Å². The molecule has 26 heavy (non-hydrogen) atoms. The van der Waals surface area contributed by atoms with Gasteiger partial charge in [-0.1, -0.05) is 74.2 Å². The van der Waals surface area contributed by atoms with Gasteiger partial charge < -0.3 is 10.6 Å². The number of rotatable bonds is 7. The molecular formula is C19H25N3O2S2. The van der Waals surface area contributed by atoms with E-state index < -0.39 is 0 Å². The van der Waals surface area contributed by atoms with Crippen LogP contribution in [-0.4, -0.2) is 29.1 Å². The van der Waals surface area contributed by atoms with Crippen LogP contribution >= 0.6 is 23.1 Å². The fourth-order valence-corrected chi connectivity index (χ4v) is 4.18. The number of anilines is 1. The number of nitrogens with one attached hydrogen (secondary N) is 2. The van der Waals surface area contributed by atoms with E-state index in [1.165, 1.54) is 23.1 Å². The summed E-state index contributed by atoms with van der Waals surface area (Å²) in [6.07, 6.45) is 0.431. The fraction of sp³-hybridized carbons (Fsp3) is 0.421. The highest BCUT2D eigenvalue weighted by molar-refractivity contribution is 8.01. The van der Waals surface area contributed by atoms with Gasteiger partial charge in [-0.15, -0.1) is 0 Å². The quantitative estimate of drug-likeness (QED) is 0.686. The molecule has 0 unspecified atom stereocenters. The lowest BCUT2D eigenvalue weighted by atomic mass is 9.92. The van der Waals surface area contributed by atoms with Crippen molar-refractivity contribution in [3.8, 4) is 11.3 Å². The number of benzene rings is 1. The molecule has 0 fully saturated rings. The van der Waals surface area contributed by atoms with Crippen molar-refractivity contribution in [2.75, 3.05) is 17.6 Å². The Hall–Kier alpha value is -1.86. The summed E-state index contributed by atoms with van der Waals surface area (Å²) in [5, 5.41) is 6.50. The number of thioether (sulfide) groups is 1. The summed E-state index contributed by atoms with van der Waals surface area (Å²) in [5.41, 5.74) is 1.60. The van der Waals surface area contributed by atoms with E-state index in [-0.39, 0.29) is 17.2 Å². The number of carbonyl (C=O) groups is 2. The molecule has 0 aliphatic heterocycles. The highest BCUT2D eigenvalue weighted by Gasteiger charge is 2.20. The monoisotopic (exact) mass is 391 g/mol. The molecular weight excluding hydrogens is 366 g/mol. The molecule has 2 rings (SSSR count). The van der Waals surface area contributed by atoms with Crippen molar-refractivity contribution in [1.82, 2.24) is 10.3 Å². The van der Waals surface area contributed by atoms with Gasteiger partial charge in [0.05, 0.1) is 5.75 Å². The molecule has 0 saturated heterocycles. The van der Waals surface area contributed by atoms with E-state index in [2.05, 4.69) is 15.6 Å². The molecule has 0 aliphatic carbocycles. The van der Waals surface area contributed by atoms with Gasteiger partial charge in [0.1, 0.15) is 10.7 Å². The highest BCUT2D eigenvalue weighted by Crippen LogP contribution is 2.38. The number of hydrogen-bond acceptors (Lipinski definition) is 5. The molecule has 7 heteroatoms. The lowest BCUT2D eigenvalue weighted by Crippen LogP contribution is -2.24. The maximum absolute atomic E-state index is 12.4. The molecule has 2 N–H and O–H groups in total. The van der Waals surface area contributed by atoms with E-state index in [1.807, 2.05) is 58.0 Å². The number of aromatic nitrogens is 1. The van der Waals surface area contributed by atoms with Gasteiger partial charge in [0.25, 0.3) is 0 Å². The Morgan fingerprint density at radius 3 is 2.46 bits per heavy atom. The van der Waals surface area contributed by atoms with Gasteiger partial charge >= 0.3 is 0 Å². The van der Waals surface area contributed by atoms with Crippen LogP contribution in [0.5, 0.6) is 0 Å². The predicted octanol–water partition coefficient (Wildman–Crippen LogP) is 4.41. The molecule has 1 aromatic carbocycles. The Bertz CT molecular complexity index is 752. The Morgan fingerprint density at radius 1 is 1.15 bits per heavy atom. The molecule has 0 saturated carbocycles. The minimum atomic E-state index is -0.0858. The van der Waals surface area contributed by atoms with Gasteiger partial charge in [-0.2, -0.15) is 0 Å². The van der Waals surface area contributed by atoms with Crippen molar-refractivity contribution < 1.29 is 9.59 Å². The zero-order chi connectivity index (χ0) is 19.2. The number of thiazole rings is 1. The summed E-state index contributed by atoms with van der Waals surface area (Å²) < 4.78 is 0.765. The zero-order valence-corrected chi connectivity index (χ0v) is 17.2. The van der Waals surface area contributed by atoms with Crippen molar-refractivity contribution in [3.05, 3.63) is 30.3 Å². The predicted molar refractivity (Wildman–Crippen MR) is 110 cm³/mol. The van der Waals surface area contributed by atoms with Crippen molar-refractivity contribution in [2.24, 2.45) is 5.41 Å². The molecule has 2 amide bonds. The topological polar surface area (TPSA) is 71.1 Å². The molecule has 1 aromatic heterocycles. The van der Waals surface area contributed by atoms with Gasteiger partial charge in [0.15, 0.2) is 4.34 Å². The Kier molecular flexibility index (Phi) is 7.23. The average molecular weight is 392 g/mol. The first-order valence-electron chi connectivity index (χ1n) is 8.54. The van der Waals surface area contributed by atoms with Crippen LogP contribution in [0.2, 0.25) is 0 Å². The maximum Gasteiger partial charge on any atom is 0.230 e. The van der Waals surface area contributed by atoms with Crippen molar-refractivity contribution in [3.63, 3.8) is 0 Å². The molecule has 0 spiro atoms. The van der Waals surface area contributed by atoms with Crippen LogP contribution in [0.4, 0.5) is 5.00 Å². The summed E-state index contributed by atoms with van der Waals surface area (Å²) in [6.45, 7) is 8.60. The van der Waals surface area contributed by atoms with Crippen LogP contribution in [-0.2, 0) is 9.59 Å². The Balaban J connectivity index is 2.21. The van der Waals surface area contributed by atoms with Gasteiger partial charge in [-0.05, 0) is 12.3 Å². The third kappa shape index (κ3) is 6.46. The van der Waals surface area contributed by atoms with Crippen molar-refractivity contribution in [1.29, 1.82) is 0 Å². The molecule has 1 heterocycles. The van der Waals surface area contributed by atoms with Gasteiger partial charge in [0, 0.05) is 18.5 Å². The summed E-state index contributed by atoms with van der Waals surface area (Å²) >= 11 is 2.79. The van der Waals surface area contributed by atoms with Crippen LogP contribution in [0.3, 0.4) is 0 Å². The second kappa shape index (κ2) is 9.19. The van der Waals surface area contributed by atoms with Gasteiger partial charge in [0.2, 0.25) is 11.8 Å². The van der Waals surface area contributed by atoms with Gasteiger partial charge in [-0.25, -0.2) is 4.98 Å². The van der Waals surface area contributed by atoms with Crippen LogP contribution in [0.15, 0.2) is 34.7 Å². The molecule has 2 aromatic rings. The van der Waals surface area contributed by atoms with Gasteiger partial charge in [-0.3, -0.25) is 9.59 Å². The van der Waals surface area contributed by atoms with E-state index in [1.54, 1.807) is 0 Å². The van der Waals surface area contributed by atoms with Crippen LogP contribution in [0.25, 0.3) is 11.3 Å². The molecule has 0 atom stereocenters. The average Bonchev–Trinajstić information content (AvgIpc) is 2.95. The fourth-order valence-electron chi connectivity index (χ4n) is 2.27. The van der Waals surface area contributed by atoms with E-state index >= 15 is 0 Å². The smallest absolute Gasteiger partial charge is 0.230 e. The first-order chi connectivity index (χ1) is 12.3. The van der Waals surface area contributed by atoms with Crippen LogP contribution in [0.1, 0.15) is 34.1 Å². The minimum Gasteiger partial charge on any atom is -0.356 e. The van der Waals surface area contributed by atoms with Crippen molar-refractivity contribution in [2.45, 2.75) is 38.5 Å². The molecule has 0 aliphatic rings. The van der Waals surface area contributed by atoms with E-state index in [0.717, 1.165) is 20.6 Å². The second-order valence-electron chi connectivity index (χ2n) is 7.05. The largest absolute Gasteiger partial charge is 0.356 e. The lowest BCUT2D eigenvalue weighted by molar-refractivity contribution is -0.119. The minimum absolute atomic E-state index is 0.0210. The number of carbonyl (C=O) groups excluding carboxylic acids is 2. The molecule has 0 bridgehead atoms. The number of hydrogen-bond donors (Lipinski definition) is 2. The Labute approximate surface area is 163 Å². The molecule has 140 valence electrons. The van der Waals surface area contributed by atoms with E-state index in [4.69, 9.17) is 0 Å². The summed E-state index contributed by atoms with van der Waals surface area (Å²) in [4.78, 5) is 28.7. The first kappa shape index (κ1) is 20.5.